The molecule has 0 fully saturated rings. The van der Waals surface area contributed by atoms with Crippen LogP contribution in [0.1, 0.15) is 30.9 Å². The molecule has 2 aromatic carbocycles. The highest BCUT2D eigenvalue weighted by atomic mass is 127. The number of aromatic nitrogens is 6. The van der Waals surface area contributed by atoms with Gasteiger partial charge in [0, 0.05) is 33.8 Å². The van der Waals surface area contributed by atoms with Crippen molar-refractivity contribution in [2.24, 2.45) is 5.73 Å². The number of fused-ring (bicyclic) bond motifs is 2. The van der Waals surface area contributed by atoms with E-state index < -0.39 is 5.54 Å². The highest BCUT2D eigenvalue weighted by Gasteiger charge is 2.23. The Labute approximate surface area is 228 Å². The molecule has 3 heterocycles. The summed E-state index contributed by atoms with van der Waals surface area (Å²) in [7, 11) is 1.94. The van der Waals surface area contributed by atoms with Gasteiger partial charge in [-0.2, -0.15) is 5.10 Å². The maximum Gasteiger partial charge on any atom is 0.293 e. The van der Waals surface area contributed by atoms with Crippen LogP contribution in [0.5, 0.6) is 0 Å². The Hall–Kier alpha value is -3.38. The molecule has 0 saturated carbocycles. The lowest BCUT2D eigenvalue weighted by atomic mass is 10.1. The Kier molecular flexibility index (Phi) is 6.71. The van der Waals surface area contributed by atoms with Crippen LogP contribution in [0.15, 0.2) is 59.5 Å². The van der Waals surface area contributed by atoms with Crippen LogP contribution in [0.3, 0.4) is 0 Å². The first-order chi connectivity index (χ1) is 17.6. The van der Waals surface area contributed by atoms with Crippen LogP contribution in [-0.2, 0) is 13.1 Å². The zero-order chi connectivity index (χ0) is 26.3. The largest absolute Gasteiger partial charge is 0.343 e. The molecule has 0 unspecified atom stereocenters. The van der Waals surface area contributed by atoms with Crippen molar-refractivity contribution in [3.63, 3.8) is 0 Å². The fraction of sp³-hybridized carbons (Fsp3) is 0.296. The molecule has 0 atom stereocenters. The summed E-state index contributed by atoms with van der Waals surface area (Å²) < 4.78 is 4.49. The predicted molar refractivity (Wildman–Crippen MR) is 155 cm³/mol. The molecule has 2 N–H and O–H groups in total. The van der Waals surface area contributed by atoms with Crippen LogP contribution in [0.4, 0.5) is 5.95 Å². The maximum absolute atomic E-state index is 13.8. The van der Waals surface area contributed by atoms with Crippen molar-refractivity contribution in [3.8, 4) is 0 Å². The molecule has 190 valence electrons. The number of para-hydroxylation sites is 1. The van der Waals surface area contributed by atoms with E-state index in [1.165, 1.54) is 4.68 Å². The number of rotatable bonds is 7. The Morgan fingerprint density at radius 3 is 2.49 bits per heavy atom. The van der Waals surface area contributed by atoms with E-state index in [0.29, 0.717) is 35.9 Å². The summed E-state index contributed by atoms with van der Waals surface area (Å²) in [5.74, 6) is 1.21. The van der Waals surface area contributed by atoms with Gasteiger partial charge in [-0.3, -0.25) is 4.79 Å². The van der Waals surface area contributed by atoms with Gasteiger partial charge in [-0.15, -0.1) is 0 Å². The second kappa shape index (κ2) is 9.82. The molecule has 0 aliphatic carbocycles. The number of anilines is 1. The zero-order valence-electron chi connectivity index (χ0n) is 21.3. The van der Waals surface area contributed by atoms with Crippen molar-refractivity contribution in [2.75, 3.05) is 18.5 Å². The monoisotopic (exact) mass is 608 g/mol. The lowest BCUT2D eigenvalue weighted by molar-refractivity contribution is 0.512. The number of nitrogens with zero attached hydrogens (tertiary/aromatic N) is 7. The van der Waals surface area contributed by atoms with Gasteiger partial charge in [-0.05, 0) is 61.1 Å². The van der Waals surface area contributed by atoms with Crippen LogP contribution < -0.4 is 16.2 Å². The predicted octanol–water partition coefficient (Wildman–Crippen LogP) is 3.72. The Morgan fingerprint density at radius 1 is 1.00 bits per heavy atom. The molecule has 3 aromatic heterocycles. The van der Waals surface area contributed by atoms with Gasteiger partial charge in [-0.25, -0.2) is 19.6 Å². The second-order valence-electron chi connectivity index (χ2n) is 10.0. The Morgan fingerprint density at radius 2 is 1.73 bits per heavy atom. The smallest absolute Gasteiger partial charge is 0.293 e. The van der Waals surface area contributed by atoms with Gasteiger partial charge in [0.2, 0.25) is 5.95 Å². The average Bonchev–Trinajstić information content (AvgIpc) is 3.21. The Bertz CT molecular complexity index is 1670. The molecule has 9 nitrogen and oxygen atoms in total. The van der Waals surface area contributed by atoms with Crippen LogP contribution in [0, 0.1) is 10.5 Å². The third-order valence-electron chi connectivity index (χ3n) is 6.13. The van der Waals surface area contributed by atoms with Gasteiger partial charge in [0.25, 0.3) is 5.56 Å². The number of halogens is 1. The number of benzene rings is 2. The molecular weight excluding hydrogens is 579 g/mol. The minimum Gasteiger partial charge on any atom is -0.343 e. The van der Waals surface area contributed by atoms with E-state index in [1.54, 1.807) is 6.20 Å². The summed E-state index contributed by atoms with van der Waals surface area (Å²) in [6.45, 7) is 7.10. The molecule has 0 aliphatic heterocycles. The fourth-order valence-corrected chi connectivity index (χ4v) is 5.16. The van der Waals surface area contributed by atoms with Crippen molar-refractivity contribution < 1.29 is 0 Å². The lowest BCUT2D eigenvalue weighted by Gasteiger charge is -2.28. The second-order valence-corrected chi connectivity index (χ2v) is 11.2. The molecule has 0 spiro atoms. The first-order valence-corrected chi connectivity index (χ1v) is 13.1. The molecule has 0 radical (unpaired) electrons. The minimum absolute atomic E-state index is 0.162. The average molecular weight is 608 g/mol. The van der Waals surface area contributed by atoms with Gasteiger partial charge in [0.15, 0.2) is 5.82 Å². The number of nitrogens with two attached hydrogens (primary N) is 1. The summed E-state index contributed by atoms with van der Waals surface area (Å²) in [4.78, 5) is 30.0. The van der Waals surface area contributed by atoms with E-state index in [0.717, 1.165) is 25.7 Å². The molecular formula is C27H29IN8O. The molecule has 0 aliphatic rings. The van der Waals surface area contributed by atoms with Crippen molar-refractivity contribution in [3.05, 3.63) is 85.7 Å². The van der Waals surface area contributed by atoms with Gasteiger partial charge >= 0.3 is 0 Å². The van der Waals surface area contributed by atoms with E-state index in [2.05, 4.69) is 49.8 Å². The molecule has 0 amide bonds. The van der Waals surface area contributed by atoms with E-state index in [4.69, 9.17) is 10.7 Å². The van der Waals surface area contributed by atoms with Crippen molar-refractivity contribution in [1.82, 2.24) is 29.3 Å². The van der Waals surface area contributed by atoms with Crippen molar-refractivity contribution in [2.45, 2.75) is 39.4 Å². The fourth-order valence-electron chi connectivity index (χ4n) is 4.61. The van der Waals surface area contributed by atoms with Crippen LogP contribution in [-0.4, -0.2) is 48.4 Å². The summed E-state index contributed by atoms with van der Waals surface area (Å²) in [5, 5.41) is 5.42. The maximum atomic E-state index is 13.8. The molecule has 5 aromatic rings. The molecule has 0 bridgehead atoms. The Balaban J connectivity index is 1.63. The SMILES string of the molecule is Cc1nc(Cn2ncc3nc(N(C)CC(C)(C)N)n(Cc4ccccc4I)c3c2=O)nc2ccccc12. The summed E-state index contributed by atoms with van der Waals surface area (Å²) in [5.41, 5.74) is 9.47. The normalized spacial score (nSPS) is 11.9. The summed E-state index contributed by atoms with van der Waals surface area (Å²) in [6, 6.07) is 16.0. The van der Waals surface area contributed by atoms with Crippen molar-refractivity contribution in [1.29, 1.82) is 0 Å². The van der Waals surface area contributed by atoms with Crippen molar-refractivity contribution >= 4 is 50.5 Å². The molecule has 37 heavy (non-hydrogen) atoms. The van der Waals surface area contributed by atoms with E-state index in [9.17, 15) is 4.79 Å². The summed E-state index contributed by atoms with van der Waals surface area (Å²) >= 11 is 2.32. The number of imidazole rings is 1. The summed E-state index contributed by atoms with van der Waals surface area (Å²) in [6.07, 6.45) is 1.64. The lowest BCUT2D eigenvalue weighted by Crippen LogP contribution is -2.44. The molecule has 10 heteroatoms. The van der Waals surface area contributed by atoms with Gasteiger partial charge in [0.1, 0.15) is 17.6 Å². The van der Waals surface area contributed by atoms with E-state index in [-0.39, 0.29) is 12.1 Å². The standard InChI is InChI=1S/C27H29IN8O/c1-17-19-10-6-8-12-21(19)32-23(31-17)15-36-25(37)24-22(13-30-36)33-26(34(4)16-27(2,3)29)35(24)14-18-9-5-7-11-20(18)28/h5-13H,14-16,29H2,1-4H3. The number of hydrogen-bond donors (Lipinski definition) is 1. The minimum atomic E-state index is -0.442. The van der Waals surface area contributed by atoms with E-state index in [1.807, 2.05) is 73.7 Å². The molecule has 0 saturated heterocycles. The third-order valence-corrected chi connectivity index (χ3v) is 7.19. The van der Waals surface area contributed by atoms with Crippen LogP contribution >= 0.6 is 22.6 Å². The highest BCUT2D eigenvalue weighted by Crippen LogP contribution is 2.24. The quantitative estimate of drug-likeness (QED) is 0.281. The van der Waals surface area contributed by atoms with Gasteiger partial charge < -0.3 is 15.2 Å². The van der Waals surface area contributed by atoms with Crippen LogP contribution in [0.2, 0.25) is 0 Å². The number of aryl methyl sites for hydroxylation is 1. The van der Waals surface area contributed by atoms with Crippen LogP contribution in [0.25, 0.3) is 21.9 Å². The zero-order valence-corrected chi connectivity index (χ0v) is 23.5. The highest BCUT2D eigenvalue weighted by molar-refractivity contribution is 14.1. The first-order valence-electron chi connectivity index (χ1n) is 12.0. The van der Waals surface area contributed by atoms with E-state index >= 15 is 0 Å². The number of likely N-dealkylation sites (N-methyl/N-ethyl adjacent to an activating group) is 1. The molecule has 5 rings (SSSR count). The van der Waals surface area contributed by atoms with Gasteiger partial charge in [-0.1, -0.05) is 36.4 Å². The first kappa shape index (κ1) is 25.3. The van der Waals surface area contributed by atoms with Gasteiger partial charge in [0.05, 0.1) is 18.3 Å². The number of hydrogen-bond acceptors (Lipinski definition) is 7. The third kappa shape index (κ3) is 5.21. The topological polar surface area (TPSA) is 108 Å².